The topological polar surface area (TPSA) is 33.4 Å². The number of aryl methyl sites for hydroxylation is 1. The van der Waals surface area contributed by atoms with E-state index in [-0.39, 0.29) is 5.82 Å². The molecule has 24 heavy (non-hydrogen) atoms. The molecule has 0 saturated carbocycles. The molecule has 1 saturated heterocycles. The fourth-order valence-electron chi connectivity index (χ4n) is 3.73. The van der Waals surface area contributed by atoms with Crippen LogP contribution in [0.5, 0.6) is 0 Å². The molecule has 0 radical (unpaired) electrons. The lowest BCUT2D eigenvalue weighted by Crippen LogP contribution is -2.34. The number of rotatable bonds is 3. The quantitative estimate of drug-likeness (QED) is 0.739. The number of halogens is 1. The number of piperidine rings is 1. The van der Waals surface area contributed by atoms with Crippen molar-refractivity contribution in [2.75, 3.05) is 13.1 Å². The number of hydrogen-bond donors (Lipinski definition) is 0. The van der Waals surface area contributed by atoms with Crippen LogP contribution < -0.4 is 0 Å². The normalized spacial score (nSPS) is 19.0. The molecular weight excluding hydrogens is 303 g/mol. The van der Waals surface area contributed by atoms with Gasteiger partial charge in [-0.15, -0.1) is 0 Å². The van der Waals surface area contributed by atoms with E-state index in [2.05, 4.69) is 19.3 Å². The Morgan fingerprint density at radius 2 is 2.08 bits per heavy atom. The first-order valence-electron chi connectivity index (χ1n) is 8.46. The maximum atomic E-state index is 13.9. The summed E-state index contributed by atoms with van der Waals surface area (Å²) in [6.07, 6.45) is 7.92. The molecule has 0 bridgehead atoms. The van der Waals surface area contributed by atoms with E-state index < -0.39 is 0 Å². The third-order valence-corrected chi connectivity index (χ3v) is 4.91. The van der Waals surface area contributed by atoms with Crippen molar-refractivity contribution in [3.8, 4) is 0 Å². The molecular formula is C19H21FN4. The summed E-state index contributed by atoms with van der Waals surface area (Å²) >= 11 is 0. The number of aromatic nitrogens is 3. The number of nitrogens with zero attached hydrogens (tertiary/aromatic N) is 4. The molecule has 0 spiro atoms. The van der Waals surface area contributed by atoms with Crippen molar-refractivity contribution >= 4 is 5.52 Å². The van der Waals surface area contributed by atoms with Crippen molar-refractivity contribution in [1.82, 2.24) is 19.3 Å². The molecule has 5 heteroatoms. The molecule has 124 valence electrons. The van der Waals surface area contributed by atoms with Crippen LogP contribution in [-0.4, -0.2) is 32.4 Å². The third-order valence-electron chi connectivity index (χ3n) is 4.91. The van der Waals surface area contributed by atoms with Crippen LogP contribution in [0.15, 0.2) is 42.9 Å². The van der Waals surface area contributed by atoms with E-state index >= 15 is 0 Å². The molecule has 1 aliphatic rings. The van der Waals surface area contributed by atoms with Gasteiger partial charge in [0.15, 0.2) is 0 Å². The van der Waals surface area contributed by atoms with Crippen LogP contribution >= 0.6 is 0 Å². The van der Waals surface area contributed by atoms with E-state index in [1.165, 1.54) is 11.8 Å². The number of hydrogen-bond acceptors (Lipinski definition) is 3. The SMILES string of the molecule is Cc1ncc2cncc([C@H]3CCCN(Cc4ccccc4F)C3)n12. The Balaban J connectivity index is 1.58. The zero-order chi connectivity index (χ0) is 16.5. The van der Waals surface area contributed by atoms with Gasteiger partial charge in [-0.05, 0) is 32.4 Å². The highest BCUT2D eigenvalue weighted by molar-refractivity contribution is 5.45. The third kappa shape index (κ3) is 2.80. The molecule has 2 aromatic heterocycles. The fourth-order valence-corrected chi connectivity index (χ4v) is 3.73. The largest absolute Gasteiger partial charge is 0.298 e. The van der Waals surface area contributed by atoms with Gasteiger partial charge in [-0.25, -0.2) is 9.37 Å². The molecule has 1 aromatic carbocycles. The highest BCUT2D eigenvalue weighted by Crippen LogP contribution is 2.28. The van der Waals surface area contributed by atoms with Crippen molar-refractivity contribution in [1.29, 1.82) is 0 Å². The summed E-state index contributed by atoms with van der Waals surface area (Å²) in [6.45, 7) is 4.62. The van der Waals surface area contributed by atoms with Crippen LogP contribution in [0.1, 0.15) is 35.8 Å². The zero-order valence-electron chi connectivity index (χ0n) is 13.8. The molecule has 3 heterocycles. The van der Waals surface area contributed by atoms with Gasteiger partial charge in [0.25, 0.3) is 0 Å². The Bertz CT molecular complexity index is 857. The average molecular weight is 324 g/mol. The summed E-state index contributed by atoms with van der Waals surface area (Å²) in [5, 5.41) is 0. The number of fused-ring (bicyclic) bond motifs is 1. The molecule has 1 aliphatic heterocycles. The van der Waals surface area contributed by atoms with E-state index in [4.69, 9.17) is 0 Å². The monoisotopic (exact) mass is 324 g/mol. The molecule has 4 rings (SSSR count). The number of imidazole rings is 1. The Morgan fingerprint density at radius 3 is 2.96 bits per heavy atom. The van der Waals surface area contributed by atoms with E-state index in [9.17, 15) is 4.39 Å². The van der Waals surface area contributed by atoms with E-state index in [1.54, 1.807) is 6.07 Å². The lowest BCUT2D eigenvalue weighted by molar-refractivity contribution is 0.195. The summed E-state index contributed by atoms with van der Waals surface area (Å²) < 4.78 is 16.1. The van der Waals surface area contributed by atoms with Gasteiger partial charge in [-0.3, -0.25) is 14.3 Å². The van der Waals surface area contributed by atoms with E-state index in [0.29, 0.717) is 12.5 Å². The highest BCUT2D eigenvalue weighted by Gasteiger charge is 2.24. The summed E-state index contributed by atoms with van der Waals surface area (Å²) in [5.74, 6) is 1.28. The second kappa shape index (κ2) is 6.32. The predicted molar refractivity (Wildman–Crippen MR) is 91.4 cm³/mol. The highest BCUT2D eigenvalue weighted by atomic mass is 19.1. The van der Waals surface area contributed by atoms with Crippen molar-refractivity contribution in [3.05, 3.63) is 65.8 Å². The number of likely N-dealkylation sites (tertiary alicyclic amines) is 1. The Labute approximate surface area is 141 Å². The minimum Gasteiger partial charge on any atom is -0.298 e. The minimum atomic E-state index is -0.117. The summed E-state index contributed by atoms with van der Waals surface area (Å²) in [5.41, 5.74) is 3.02. The molecule has 4 nitrogen and oxygen atoms in total. The Morgan fingerprint density at radius 1 is 1.21 bits per heavy atom. The van der Waals surface area contributed by atoms with Gasteiger partial charge in [-0.2, -0.15) is 0 Å². The van der Waals surface area contributed by atoms with Gasteiger partial charge in [0.2, 0.25) is 0 Å². The van der Waals surface area contributed by atoms with E-state index in [0.717, 1.165) is 42.8 Å². The first-order valence-corrected chi connectivity index (χ1v) is 8.46. The van der Waals surface area contributed by atoms with Crippen LogP contribution in [0.2, 0.25) is 0 Å². The van der Waals surface area contributed by atoms with Gasteiger partial charge in [0, 0.05) is 36.5 Å². The second-order valence-electron chi connectivity index (χ2n) is 6.56. The first-order chi connectivity index (χ1) is 11.7. The first kappa shape index (κ1) is 15.3. The van der Waals surface area contributed by atoms with Crippen LogP contribution in [-0.2, 0) is 6.54 Å². The molecule has 1 atom stereocenters. The van der Waals surface area contributed by atoms with Crippen LogP contribution in [0, 0.1) is 12.7 Å². The van der Waals surface area contributed by atoms with Gasteiger partial charge in [0.05, 0.1) is 17.9 Å². The lowest BCUT2D eigenvalue weighted by Gasteiger charge is -2.33. The summed E-state index contributed by atoms with van der Waals surface area (Å²) in [7, 11) is 0. The molecule has 0 amide bonds. The Kier molecular flexibility index (Phi) is 4.02. The molecule has 0 unspecified atom stereocenters. The minimum absolute atomic E-state index is 0.117. The van der Waals surface area contributed by atoms with Crippen molar-refractivity contribution in [3.63, 3.8) is 0 Å². The smallest absolute Gasteiger partial charge is 0.127 e. The summed E-state index contributed by atoms with van der Waals surface area (Å²) in [4.78, 5) is 11.1. The maximum Gasteiger partial charge on any atom is 0.127 e. The van der Waals surface area contributed by atoms with Crippen molar-refractivity contribution in [2.24, 2.45) is 0 Å². The fraction of sp³-hybridized carbons (Fsp3) is 0.368. The van der Waals surface area contributed by atoms with Crippen LogP contribution in [0.3, 0.4) is 0 Å². The van der Waals surface area contributed by atoms with Gasteiger partial charge in [-0.1, -0.05) is 18.2 Å². The molecule has 0 aliphatic carbocycles. The van der Waals surface area contributed by atoms with Gasteiger partial charge in [0.1, 0.15) is 11.6 Å². The number of benzene rings is 1. The van der Waals surface area contributed by atoms with Crippen LogP contribution in [0.25, 0.3) is 5.52 Å². The second-order valence-corrected chi connectivity index (χ2v) is 6.56. The lowest BCUT2D eigenvalue weighted by atomic mass is 9.94. The predicted octanol–water partition coefficient (Wildman–Crippen LogP) is 3.56. The maximum absolute atomic E-state index is 13.9. The standard InChI is InChI=1S/C19H21FN4/c1-14-22-10-17-9-21-11-19(24(14)17)16-6-4-8-23(13-16)12-15-5-2-3-7-18(15)20/h2-3,5,7,9-11,16H,4,6,8,12-13H2,1H3/t16-/m0/s1. The summed E-state index contributed by atoms with van der Waals surface area (Å²) in [6, 6.07) is 7.06. The Hall–Kier alpha value is -2.27. The van der Waals surface area contributed by atoms with Gasteiger partial charge >= 0.3 is 0 Å². The zero-order valence-corrected chi connectivity index (χ0v) is 13.8. The molecule has 3 aromatic rings. The van der Waals surface area contributed by atoms with Crippen molar-refractivity contribution < 1.29 is 4.39 Å². The van der Waals surface area contributed by atoms with Crippen LogP contribution in [0.4, 0.5) is 4.39 Å². The average Bonchev–Trinajstić information content (AvgIpc) is 2.99. The van der Waals surface area contributed by atoms with Crippen molar-refractivity contribution in [2.45, 2.75) is 32.2 Å². The van der Waals surface area contributed by atoms with E-state index in [1.807, 2.05) is 37.6 Å². The van der Waals surface area contributed by atoms with Gasteiger partial charge < -0.3 is 0 Å². The molecule has 0 N–H and O–H groups in total. The molecule has 1 fully saturated rings.